The largest absolute Gasteiger partial charge is 0.435 e. The van der Waals surface area contributed by atoms with Gasteiger partial charge in [0.15, 0.2) is 17.2 Å². The number of hydrogen-bond acceptors (Lipinski definition) is 5. The maximum Gasteiger partial charge on any atom is 0.238 e. The molecule has 6 nitrogen and oxygen atoms in total. The molecule has 3 heterocycles. The third kappa shape index (κ3) is 6.71. The van der Waals surface area contributed by atoms with E-state index in [1.165, 1.54) is 0 Å². The molecule has 0 fully saturated rings. The summed E-state index contributed by atoms with van der Waals surface area (Å²) < 4.78 is 8.50. The molecule has 0 saturated heterocycles. The van der Waals surface area contributed by atoms with Crippen LogP contribution < -0.4 is 0 Å². The van der Waals surface area contributed by atoms with Gasteiger partial charge in [-0.1, -0.05) is 182 Å². The summed E-state index contributed by atoms with van der Waals surface area (Å²) in [6, 6.07) is 77.7. The molecule has 0 aliphatic heterocycles. The lowest BCUT2D eigenvalue weighted by atomic mass is 9.96. The van der Waals surface area contributed by atoms with Gasteiger partial charge in [0.25, 0.3) is 0 Å². The fourth-order valence-electron chi connectivity index (χ4n) is 8.74. The van der Waals surface area contributed by atoms with E-state index in [0.29, 0.717) is 23.5 Å². The van der Waals surface area contributed by atoms with Crippen LogP contribution in [0.15, 0.2) is 229 Å². The van der Waals surface area contributed by atoms with Gasteiger partial charge < -0.3 is 4.42 Å². The van der Waals surface area contributed by atoms with Crippen LogP contribution in [0.1, 0.15) is 0 Å². The van der Waals surface area contributed by atoms with Gasteiger partial charge in [-0.2, -0.15) is 9.97 Å². The standard InChI is InChI=1S/C58H37N5O/c1-3-14-38(15-4-1)39-30-34-42(35-31-39)55-60-56(62-58(61-55)63-52-26-9-7-22-49(52)50-23-8-10-27-53(50)63)47-21-12-20-46(37-47)45-19-11-18-44(36-45)40-28-32-41(33-29-40)48-24-13-25-51-54(48)64-57(59-51)43-16-5-2-6-17-43/h1-37H. The summed E-state index contributed by atoms with van der Waals surface area (Å²) in [5.41, 5.74) is 15.2. The first-order valence-corrected chi connectivity index (χ1v) is 21.4. The van der Waals surface area contributed by atoms with E-state index >= 15 is 0 Å². The Hall–Kier alpha value is -8.74. The summed E-state index contributed by atoms with van der Waals surface area (Å²) >= 11 is 0. The molecule has 12 rings (SSSR count). The topological polar surface area (TPSA) is 69.6 Å². The molecule has 6 heteroatoms. The average molecular weight is 820 g/mol. The van der Waals surface area contributed by atoms with Crippen LogP contribution in [0.2, 0.25) is 0 Å². The second-order valence-corrected chi connectivity index (χ2v) is 15.9. The Kier molecular flexibility index (Phi) is 9.05. The van der Waals surface area contributed by atoms with Gasteiger partial charge >= 0.3 is 0 Å². The Morgan fingerprint density at radius 1 is 0.312 bits per heavy atom. The van der Waals surface area contributed by atoms with E-state index in [1.54, 1.807) is 0 Å². The lowest BCUT2D eigenvalue weighted by molar-refractivity contribution is 0.621. The second-order valence-electron chi connectivity index (χ2n) is 15.9. The zero-order valence-corrected chi connectivity index (χ0v) is 34.5. The smallest absolute Gasteiger partial charge is 0.238 e. The molecule has 12 aromatic rings. The molecule has 0 unspecified atom stereocenters. The predicted molar refractivity (Wildman–Crippen MR) is 260 cm³/mol. The number of aromatic nitrogens is 5. The lowest BCUT2D eigenvalue weighted by Gasteiger charge is -2.12. The molecule has 0 saturated carbocycles. The molecule has 9 aromatic carbocycles. The van der Waals surface area contributed by atoms with Crippen molar-refractivity contribution in [3.05, 3.63) is 224 Å². The first-order valence-electron chi connectivity index (χ1n) is 21.4. The van der Waals surface area contributed by atoms with Gasteiger partial charge in [-0.25, -0.2) is 9.97 Å². The number of oxazole rings is 1. The zero-order valence-electron chi connectivity index (χ0n) is 34.5. The summed E-state index contributed by atoms with van der Waals surface area (Å²) in [5.74, 6) is 2.39. The van der Waals surface area contributed by atoms with Crippen molar-refractivity contribution in [2.45, 2.75) is 0 Å². The van der Waals surface area contributed by atoms with Crippen LogP contribution in [0.3, 0.4) is 0 Å². The SMILES string of the molecule is c1ccc(-c2ccc(-c3nc(-c4cccc(-c5cccc(-c6ccc(-c7cccc8nc(-c9ccccc9)oc78)cc6)c5)c4)nc(-n4c5ccccc5c5ccccc54)n3)cc2)cc1. The molecule has 64 heavy (non-hydrogen) atoms. The van der Waals surface area contributed by atoms with Crippen LogP contribution >= 0.6 is 0 Å². The number of rotatable bonds is 8. The highest BCUT2D eigenvalue weighted by Crippen LogP contribution is 2.36. The number of benzene rings is 9. The Morgan fingerprint density at radius 3 is 1.42 bits per heavy atom. The van der Waals surface area contributed by atoms with E-state index in [0.717, 1.165) is 94.1 Å². The fourth-order valence-corrected chi connectivity index (χ4v) is 8.74. The van der Waals surface area contributed by atoms with Crippen molar-refractivity contribution in [3.8, 4) is 84.7 Å². The van der Waals surface area contributed by atoms with Crippen molar-refractivity contribution in [2.24, 2.45) is 0 Å². The fraction of sp³-hybridized carbons (Fsp3) is 0. The van der Waals surface area contributed by atoms with Crippen molar-refractivity contribution in [1.29, 1.82) is 0 Å². The summed E-state index contributed by atoms with van der Waals surface area (Å²) in [6.07, 6.45) is 0. The van der Waals surface area contributed by atoms with Crippen LogP contribution in [-0.2, 0) is 0 Å². The van der Waals surface area contributed by atoms with Crippen LogP contribution in [-0.4, -0.2) is 24.5 Å². The zero-order chi connectivity index (χ0) is 42.4. The monoisotopic (exact) mass is 819 g/mol. The summed E-state index contributed by atoms with van der Waals surface area (Å²) in [4.78, 5) is 20.4. The molecular formula is C58H37N5O. The molecular weight excluding hydrogens is 783 g/mol. The minimum Gasteiger partial charge on any atom is -0.435 e. The Bertz CT molecular complexity index is 3600. The number of para-hydroxylation sites is 3. The van der Waals surface area contributed by atoms with Gasteiger partial charge in [0.05, 0.1) is 11.0 Å². The van der Waals surface area contributed by atoms with Gasteiger partial charge in [-0.3, -0.25) is 4.57 Å². The van der Waals surface area contributed by atoms with Crippen LogP contribution in [0, 0.1) is 0 Å². The molecule has 0 spiro atoms. The average Bonchev–Trinajstić information content (AvgIpc) is 3.97. The van der Waals surface area contributed by atoms with Crippen LogP contribution in [0.25, 0.3) is 118 Å². The molecule has 3 aromatic heterocycles. The highest BCUT2D eigenvalue weighted by Gasteiger charge is 2.19. The molecule has 0 radical (unpaired) electrons. The third-order valence-electron chi connectivity index (χ3n) is 11.9. The number of nitrogens with zero attached hydrogens (tertiary/aromatic N) is 5. The van der Waals surface area contributed by atoms with E-state index < -0.39 is 0 Å². The maximum absolute atomic E-state index is 6.34. The molecule has 0 bridgehead atoms. The molecule has 0 amide bonds. The summed E-state index contributed by atoms with van der Waals surface area (Å²) in [5, 5.41) is 2.30. The van der Waals surface area contributed by atoms with E-state index in [9.17, 15) is 0 Å². The quantitative estimate of drug-likeness (QED) is 0.153. The maximum atomic E-state index is 6.34. The van der Waals surface area contributed by atoms with Crippen LogP contribution in [0.5, 0.6) is 0 Å². The van der Waals surface area contributed by atoms with Crippen molar-refractivity contribution < 1.29 is 4.42 Å². The van der Waals surface area contributed by atoms with E-state index in [2.05, 4.69) is 180 Å². The van der Waals surface area contributed by atoms with Gasteiger partial charge in [-0.15, -0.1) is 0 Å². The molecule has 0 aliphatic rings. The normalized spacial score (nSPS) is 11.4. The van der Waals surface area contributed by atoms with Gasteiger partial charge in [0.1, 0.15) is 5.52 Å². The Balaban J connectivity index is 0.910. The van der Waals surface area contributed by atoms with Crippen LogP contribution in [0.4, 0.5) is 0 Å². The predicted octanol–water partition coefficient (Wildman–Crippen LogP) is 14.8. The van der Waals surface area contributed by atoms with Crippen molar-refractivity contribution in [3.63, 3.8) is 0 Å². The number of fused-ring (bicyclic) bond motifs is 4. The van der Waals surface area contributed by atoms with E-state index in [-0.39, 0.29) is 0 Å². The summed E-state index contributed by atoms with van der Waals surface area (Å²) in [7, 11) is 0. The highest BCUT2D eigenvalue weighted by atomic mass is 16.3. The molecule has 0 atom stereocenters. The minimum absolute atomic E-state index is 0.566. The number of hydrogen-bond donors (Lipinski definition) is 0. The first kappa shape index (κ1) is 37.1. The highest BCUT2D eigenvalue weighted by molar-refractivity contribution is 6.09. The van der Waals surface area contributed by atoms with E-state index in [4.69, 9.17) is 24.4 Å². The van der Waals surface area contributed by atoms with E-state index in [1.807, 2.05) is 48.5 Å². The van der Waals surface area contributed by atoms with Crippen molar-refractivity contribution >= 4 is 32.9 Å². The Labute approximate surface area is 369 Å². The Morgan fingerprint density at radius 2 is 0.766 bits per heavy atom. The first-order chi connectivity index (χ1) is 31.7. The molecule has 300 valence electrons. The van der Waals surface area contributed by atoms with Gasteiger partial charge in [0.2, 0.25) is 11.8 Å². The van der Waals surface area contributed by atoms with Gasteiger partial charge in [-0.05, 0) is 81.4 Å². The van der Waals surface area contributed by atoms with Crippen molar-refractivity contribution in [2.75, 3.05) is 0 Å². The summed E-state index contributed by atoms with van der Waals surface area (Å²) in [6.45, 7) is 0. The van der Waals surface area contributed by atoms with Crippen molar-refractivity contribution in [1.82, 2.24) is 24.5 Å². The third-order valence-corrected chi connectivity index (χ3v) is 11.9. The molecule has 0 N–H and O–H groups in total. The molecule has 0 aliphatic carbocycles. The minimum atomic E-state index is 0.566. The lowest BCUT2D eigenvalue weighted by Crippen LogP contribution is -2.06. The second kappa shape index (κ2) is 15.6. The van der Waals surface area contributed by atoms with Gasteiger partial charge in [0, 0.05) is 33.0 Å².